The van der Waals surface area contributed by atoms with Crippen LogP contribution in [0, 0.1) is 3.57 Å². The first-order valence-corrected chi connectivity index (χ1v) is 5.90. The highest BCUT2D eigenvalue weighted by Gasteiger charge is 2.34. The van der Waals surface area contributed by atoms with Crippen molar-refractivity contribution in [2.24, 2.45) is 0 Å². The zero-order valence-corrected chi connectivity index (χ0v) is 12.0. The Morgan fingerprint density at radius 2 is 2.05 bits per heavy atom. The molecule has 1 heterocycles. The van der Waals surface area contributed by atoms with Crippen LogP contribution in [0.5, 0.6) is 11.6 Å². The van der Waals surface area contributed by atoms with Crippen LogP contribution in [0.25, 0.3) is 0 Å². The first-order chi connectivity index (χ1) is 8.76. The van der Waals surface area contributed by atoms with Crippen molar-refractivity contribution in [1.29, 1.82) is 0 Å². The Balaban J connectivity index is 3.14. The summed E-state index contributed by atoms with van der Waals surface area (Å²) in [7, 11) is 2.37. The average Bonchev–Trinajstić information content (AvgIpc) is 2.26. The van der Waals surface area contributed by atoms with Crippen LogP contribution in [0.4, 0.5) is 13.2 Å². The number of carbonyl (C=O) groups is 1. The van der Waals surface area contributed by atoms with E-state index in [0.717, 1.165) is 0 Å². The molecule has 0 fully saturated rings. The lowest BCUT2D eigenvalue weighted by Crippen LogP contribution is -2.19. The highest BCUT2D eigenvalue weighted by molar-refractivity contribution is 14.1. The van der Waals surface area contributed by atoms with E-state index in [1.807, 2.05) is 0 Å². The van der Waals surface area contributed by atoms with Crippen molar-refractivity contribution >= 4 is 28.6 Å². The van der Waals surface area contributed by atoms with Crippen LogP contribution in [0.15, 0.2) is 6.07 Å². The van der Waals surface area contributed by atoms with Gasteiger partial charge < -0.3 is 14.2 Å². The minimum atomic E-state index is -4.90. The van der Waals surface area contributed by atoms with Crippen LogP contribution in [-0.2, 0) is 16.0 Å². The predicted octanol–water partition coefficient (Wildman–Crippen LogP) is 2.31. The molecular weight excluding hydrogens is 382 g/mol. The van der Waals surface area contributed by atoms with Gasteiger partial charge >= 0.3 is 12.3 Å². The molecular formula is C10H9F3INO4. The molecule has 1 rings (SSSR count). The standard InChI is InChI=1S/C10H9F3INO4/c1-17-7(16)4-5-3-6(14)8(18-2)9(15-5)19-10(11,12)13/h3H,4H2,1-2H3. The second-order valence-corrected chi connectivity index (χ2v) is 4.40. The fourth-order valence-corrected chi connectivity index (χ4v) is 2.01. The van der Waals surface area contributed by atoms with Crippen molar-refractivity contribution in [1.82, 2.24) is 4.98 Å². The monoisotopic (exact) mass is 391 g/mol. The summed E-state index contributed by atoms with van der Waals surface area (Å²) in [5.41, 5.74) is 0.0938. The Kier molecular flexibility index (Phi) is 5.20. The zero-order valence-electron chi connectivity index (χ0n) is 9.88. The Labute approximate surface area is 120 Å². The molecule has 0 amide bonds. The number of carbonyl (C=O) groups excluding carboxylic acids is 1. The third-order valence-corrected chi connectivity index (χ3v) is 2.72. The third-order valence-electron chi connectivity index (χ3n) is 1.92. The highest BCUT2D eigenvalue weighted by atomic mass is 127. The molecule has 0 unspecified atom stereocenters. The first kappa shape index (κ1) is 15.8. The van der Waals surface area contributed by atoms with Gasteiger partial charge in [0, 0.05) is 0 Å². The summed E-state index contributed by atoms with van der Waals surface area (Å²) in [5, 5.41) is 0. The van der Waals surface area contributed by atoms with Gasteiger partial charge in [0.25, 0.3) is 5.88 Å². The molecule has 0 spiro atoms. The molecule has 1 aromatic heterocycles. The largest absolute Gasteiger partial charge is 0.574 e. The van der Waals surface area contributed by atoms with Crippen molar-refractivity contribution in [3.8, 4) is 11.6 Å². The maximum absolute atomic E-state index is 12.2. The molecule has 1 aromatic rings. The van der Waals surface area contributed by atoms with Gasteiger partial charge in [-0.05, 0) is 28.7 Å². The maximum Gasteiger partial charge on any atom is 0.574 e. The third kappa shape index (κ3) is 4.73. The average molecular weight is 391 g/mol. The van der Waals surface area contributed by atoms with Gasteiger partial charge in [0.2, 0.25) is 0 Å². The van der Waals surface area contributed by atoms with Crippen molar-refractivity contribution < 1.29 is 32.2 Å². The van der Waals surface area contributed by atoms with Gasteiger partial charge in [-0.3, -0.25) is 4.79 Å². The minimum Gasteiger partial charge on any atom is -0.490 e. The number of methoxy groups -OCH3 is 2. The second-order valence-electron chi connectivity index (χ2n) is 3.23. The lowest BCUT2D eigenvalue weighted by molar-refractivity contribution is -0.276. The van der Waals surface area contributed by atoms with Crippen LogP contribution < -0.4 is 9.47 Å². The van der Waals surface area contributed by atoms with E-state index in [9.17, 15) is 18.0 Å². The van der Waals surface area contributed by atoms with Crippen molar-refractivity contribution in [3.05, 3.63) is 15.3 Å². The quantitative estimate of drug-likeness (QED) is 0.583. The van der Waals surface area contributed by atoms with Crippen LogP contribution in [0.2, 0.25) is 0 Å². The van der Waals surface area contributed by atoms with E-state index >= 15 is 0 Å². The summed E-state index contributed by atoms with van der Waals surface area (Å²) in [6.07, 6.45) is -5.15. The van der Waals surface area contributed by atoms with Crippen LogP contribution in [0.3, 0.4) is 0 Å². The molecule has 0 aromatic carbocycles. The molecule has 0 saturated heterocycles. The van der Waals surface area contributed by atoms with E-state index in [2.05, 4.69) is 14.5 Å². The van der Waals surface area contributed by atoms with Gasteiger partial charge in [0.05, 0.1) is 29.9 Å². The molecule has 5 nitrogen and oxygen atoms in total. The Bertz CT molecular complexity index is 479. The van der Waals surface area contributed by atoms with Gasteiger partial charge in [-0.1, -0.05) is 0 Å². The molecule has 0 aliphatic rings. The van der Waals surface area contributed by atoms with E-state index in [0.29, 0.717) is 3.57 Å². The molecule has 0 saturated carbocycles. The number of hydrogen-bond acceptors (Lipinski definition) is 5. The SMILES string of the molecule is COC(=O)Cc1cc(I)c(OC)c(OC(F)(F)F)n1. The Hall–Kier alpha value is -1.26. The second kappa shape index (κ2) is 6.26. The minimum absolute atomic E-state index is 0.0938. The highest BCUT2D eigenvalue weighted by Crippen LogP contribution is 2.34. The number of rotatable bonds is 4. The Morgan fingerprint density at radius 3 is 2.53 bits per heavy atom. The van der Waals surface area contributed by atoms with E-state index in [1.165, 1.54) is 20.3 Å². The molecule has 0 aliphatic carbocycles. The molecule has 19 heavy (non-hydrogen) atoms. The van der Waals surface area contributed by atoms with Gasteiger partial charge in [-0.15, -0.1) is 13.2 Å². The lowest BCUT2D eigenvalue weighted by Gasteiger charge is -2.13. The van der Waals surface area contributed by atoms with Crippen molar-refractivity contribution in [2.45, 2.75) is 12.8 Å². The molecule has 0 N–H and O–H groups in total. The molecule has 0 atom stereocenters. The van der Waals surface area contributed by atoms with E-state index in [-0.39, 0.29) is 17.9 Å². The fourth-order valence-electron chi connectivity index (χ4n) is 1.20. The van der Waals surface area contributed by atoms with Gasteiger partial charge in [-0.2, -0.15) is 0 Å². The summed E-state index contributed by atoms with van der Waals surface area (Å²) in [6, 6.07) is 1.42. The number of alkyl halides is 3. The number of ether oxygens (including phenoxy) is 3. The van der Waals surface area contributed by atoms with Gasteiger partial charge in [0.1, 0.15) is 0 Å². The summed E-state index contributed by atoms with van der Waals surface area (Å²) < 4.78 is 50.0. The predicted molar refractivity (Wildman–Crippen MR) is 65.9 cm³/mol. The summed E-state index contributed by atoms with van der Waals surface area (Å²) in [4.78, 5) is 14.7. The zero-order chi connectivity index (χ0) is 14.6. The smallest absolute Gasteiger partial charge is 0.490 e. The lowest BCUT2D eigenvalue weighted by atomic mass is 10.2. The Morgan fingerprint density at radius 1 is 1.42 bits per heavy atom. The number of esters is 1. The number of pyridine rings is 1. The first-order valence-electron chi connectivity index (χ1n) is 4.82. The number of aromatic nitrogens is 1. The molecule has 0 bridgehead atoms. The van der Waals surface area contributed by atoms with Crippen LogP contribution in [-0.4, -0.2) is 31.5 Å². The van der Waals surface area contributed by atoms with E-state index < -0.39 is 18.2 Å². The number of halogens is 4. The van der Waals surface area contributed by atoms with Crippen molar-refractivity contribution in [2.75, 3.05) is 14.2 Å². The fraction of sp³-hybridized carbons (Fsp3) is 0.400. The normalized spacial score (nSPS) is 11.1. The number of nitrogens with zero attached hydrogens (tertiary/aromatic N) is 1. The van der Waals surface area contributed by atoms with Crippen molar-refractivity contribution in [3.63, 3.8) is 0 Å². The van der Waals surface area contributed by atoms with Crippen LogP contribution >= 0.6 is 22.6 Å². The molecule has 0 radical (unpaired) electrons. The molecule has 9 heteroatoms. The van der Waals surface area contributed by atoms with Crippen LogP contribution in [0.1, 0.15) is 5.69 Å². The van der Waals surface area contributed by atoms with E-state index in [1.54, 1.807) is 22.6 Å². The summed E-state index contributed by atoms with van der Waals surface area (Å²) in [6.45, 7) is 0. The molecule has 106 valence electrons. The summed E-state index contributed by atoms with van der Waals surface area (Å²) >= 11 is 1.76. The van der Waals surface area contributed by atoms with Gasteiger partial charge in [0.15, 0.2) is 5.75 Å². The van der Waals surface area contributed by atoms with Gasteiger partial charge in [-0.25, -0.2) is 4.98 Å². The topological polar surface area (TPSA) is 57.7 Å². The number of hydrogen-bond donors (Lipinski definition) is 0. The maximum atomic E-state index is 12.2. The molecule has 0 aliphatic heterocycles. The van der Waals surface area contributed by atoms with E-state index in [4.69, 9.17) is 4.74 Å². The summed E-state index contributed by atoms with van der Waals surface area (Å²) in [5.74, 6) is -1.50.